The van der Waals surface area contributed by atoms with Crippen molar-refractivity contribution in [2.75, 3.05) is 0 Å². The van der Waals surface area contributed by atoms with Crippen molar-refractivity contribution in [1.82, 2.24) is 35.9 Å². The lowest BCUT2D eigenvalue weighted by Gasteiger charge is -2.26. The van der Waals surface area contributed by atoms with E-state index in [1.807, 2.05) is 13.8 Å². The molecule has 0 aliphatic heterocycles. The van der Waals surface area contributed by atoms with Gasteiger partial charge in [-0.15, -0.1) is 0 Å². The van der Waals surface area contributed by atoms with E-state index in [-0.39, 0.29) is 31.1 Å². The minimum absolute atomic E-state index is 0.0202. The highest BCUT2D eigenvalue weighted by molar-refractivity contribution is 5.94. The van der Waals surface area contributed by atoms with Crippen LogP contribution in [0.5, 0.6) is 0 Å². The molecule has 8 N–H and O–H groups in total. The number of aromatic nitrogens is 4. The van der Waals surface area contributed by atoms with Gasteiger partial charge in [0.2, 0.25) is 17.7 Å². The summed E-state index contributed by atoms with van der Waals surface area (Å²) < 4.78 is 0. The van der Waals surface area contributed by atoms with E-state index in [0.717, 1.165) is 0 Å². The van der Waals surface area contributed by atoms with E-state index in [1.54, 1.807) is 20.0 Å². The Morgan fingerprint density at radius 1 is 0.861 bits per heavy atom. The molecule has 0 saturated carbocycles. The molecule has 2 heterocycles. The third-order valence-corrected chi connectivity index (χ3v) is 5.51. The summed E-state index contributed by atoms with van der Waals surface area (Å²) in [5.41, 5.74) is 7.28. The van der Waals surface area contributed by atoms with Crippen molar-refractivity contribution in [2.24, 2.45) is 17.6 Å². The number of hydrogen-bond acceptors (Lipinski definition) is 7. The summed E-state index contributed by atoms with van der Waals surface area (Å²) in [6, 6.07) is -4.11. The highest BCUT2D eigenvalue weighted by atomic mass is 16.4. The van der Waals surface area contributed by atoms with Crippen LogP contribution in [0.25, 0.3) is 0 Å². The van der Waals surface area contributed by atoms with Crippen LogP contribution in [-0.2, 0) is 32.0 Å². The molecule has 0 spiro atoms. The van der Waals surface area contributed by atoms with E-state index >= 15 is 0 Å². The quantitative estimate of drug-likeness (QED) is 0.178. The molecular weight excluding hydrogens is 468 g/mol. The number of nitrogens with two attached hydrogens (primary N) is 1. The second-order valence-electron chi connectivity index (χ2n) is 9.49. The normalized spacial score (nSPS) is 14.6. The molecule has 4 atom stereocenters. The molecule has 13 nitrogen and oxygen atoms in total. The van der Waals surface area contributed by atoms with Gasteiger partial charge in [0.15, 0.2) is 0 Å². The third-order valence-electron chi connectivity index (χ3n) is 5.51. The van der Waals surface area contributed by atoms with Gasteiger partial charge >= 0.3 is 5.97 Å². The van der Waals surface area contributed by atoms with E-state index in [2.05, 4.69) is 35.9 Å². The summed E-state index contributed by atoms with van der Waals surface area (Å²) >= 11 is 0. The van der Waals surface area contributed by atoms with Gasteiger partial charge in [-0.2, -0.15) is 0 Å². The molecule has 2 aromatic rings. The second-order valence-corrected chi connectivity index (χ2v) is 9.49. The molecular formula is C23H36N8O5. The predicted octanol–water partition coefficient (Wildman–Crippen LogP) is -0.514. The van der Waals surface area contributed by atoms with Gasteiger partial charge < -0.3 is 36.8 Å². The Labute approximate surface area is 209 Å². The van der Waals surface area contributed by atoms with Crippen LogP contribution in [-0.4, -0.2) is 72.9 Å². The monoisotopic (exact) mass is 504 g/mol. The van der Waals surface area contributed by atoms with Crippen molar-refractivity contribution in [3.63, 3.8) is 0 Å². The molecule has 0 aromatic carbocycles. The van der Waals surface area contributed by atoms with Crippen molar-refractivity contribution in [1.29, 1.82) is 0 Å². The van der Waals surface area contributed by atoms with Gasteiger partial charge in [0.05, 0.1) is 18.7 Å². The maximum absolute atomic E-state index is 13.3. The first-order valence-electron chi connectivity index (χ1n) is 11.8. The second kappa shape index (κ2) is 13.4. The number of H-pyrrole nitrogens is 2. The van der Waals surface area contributed by atoms with Crippen LogP contribution in [0.4, 0.5) is 0 Å². The number of carboxylic acid groups (broad SMARTS) is 1. The van der Waals surface area contributed by atoms with E-state index < -0.39 is 47.9 Å². The number of imidazole rings is 2. The zero-order valence-electron chi connectivity index (χ0n) is 20.9. The number of carbonyl (C=O) groups is 4. The first-order chi connectivity index (χ1) is 17.0. The maximum Gasteiger partial charge on any atom is 0.326 e. The largest absolute Gasteiger partial charge is 0.480 e. The van der Waals surface area contributed by atoms with Gasteiger partial charge in [-0.25, -0.2) is 14.8 Å². The van der Waals surface area contributed by atoms with Gasteiger partial charge in [-0.3, -0.25) is 14.4 Å². The van der Waals surface area contributed by atoms with Gasteiger partial charge in [-0.05, 0) is 18.3 Å². The average molecular weight is 505 g/mol. The maximum atomic E-state index is 13.3. The van der Waals surface area contributed by atoms with Gasteiger partial charge in [0, 0.05) is 36.6 Å². The van der Waals surface area contributed by atoms with Gasteiger partial charge in [0.1, 0.15) is 18.1 Å². The molecule has 0 aliphatic carbocycles. The summed E-state index contributed by atoms with van der Waals surface area (Å²) in [5.74, 6) is -3.27. The molecule has 13 heteroatoms. The Hall–Kier alpha value is -3.74. The Bertz CT molecular complexity index is 990. The fourth-order valence-corrected chi connectivity index (χ4v) is 3.57. The zero-order valence-corrected chi connectivity index (χ0v) is 20.9. The van der Waals surface area contributed by atoms with Crippen molar-refractivity contribution in [3.05, 3.63) is 36.4 Å². The lowest BCUT2D eigenvalue weighted by molar-refractivity contribution is -0.143. The summed E-state index contributed by atoms with van der Waals surface area (Å²) in [7, 11) is 0. The van der Waals surface area contributed by atoms with Crippen molar-refractivity contribution in [3.8, 4) is 0 Å². The summed E-state index contributed by atoms with van der Waals surface area (Å²) in [6.45, 7) is 7.11. The Kier molecular flexibility index (Phi) is 10.6. The summed E-state index contributed by atoms with van der Waals surface area (Å²) in [4.78, 5) is 64.2. The molecule has 0 radical (unpaired) electrons. The number of nitrogens with zero attached hydrogens (tertiary/aromatic N) is 2. The number of nitrogens with one attached hydrogen (secondary N) is 5. The molecule has 0 saturated heterocycles. The van der Waals surface area contributed by atoms with Crippen molar-refractivity contribution >= 4 is 23.7 Å². The Balaban J connectivity index is 2.17. The molecule has 2 aromatic heterocycles. The van der Waals surface area contributed by atoms with Crippen LogP contribution in [0.15, 0.2) is 25.0 Å². The van der Waals surface area contributed by atoms with Crippen molar-refractivity contribution < 1.29 is 24.3 Å². The van der Waals surface area contributed by atoms with Crippen LogP contribution in [0.2, 0.25) is 0 Å². The van der Waals surface area contributed by atoms with E-state index in [1.165, 1.54) is 18.9 Å². The standard InChI is InChI=1S/C23H36N8O5/c1-12(2)5-17(22(34)31-19(13(3)4)23(35)36)30-21(33)18(7-15-9-26-11-28-15)29-20(32)16(24)6-14-8-25-10-27-14/h8-13,16-19H,5-7,24H2,1-4H3,(H,25,27)(H,26,28)(H,29,32)(H,30,33)(H,31,34)(H,35,36). The molecule has 36 heavy (non-hydrogen) atoms. The highest BCUT2D eigenvalue weighted by Gasteiger charge is 2.32. The molecule has 0 bridgehead atoms. The van der Waals surface area contributed by atoms with E-state index in [4.69, 9.17) is 5.73 Å². The fourth-order valence-electron chi connectivity index (χ4n) is 3.57. The lowest BCUT2D eigenvalue weighted by atomic mass is 9.99. The van der Waals surface area contributed by atoms with Crippen LogP contribution >= 0.6 is 0 Å². The molecule has 198 valence electrons. The summed E-state index contributed by atoms with van der Waals surface area (Å²) in [6.07, 6.45) is 6.54. The molecule has 2 rings (SSSR count). The number of amides is 3. The van der Waals surface area contributed by atoms with E-state index in [0.29, 0.717) is 11.4 Å². The molecule has 0 aliphatic rings. The van der Waals surface area contributed by atoms with Crippen molar-refractivity contribution in [2.45, 2.75) is 71.1 Å². The summed E-state index contributed by atoms with van der Waals surface area (Å²) in [5, 5.41) is 17.3. The third kappa shape index (κ3) is 8.80. The lowest BCUT2D eigenvalue weighted by Crippen LogP contribution is -2.58. The topological polar surface area (TPSA) is 208 Å². The van der Waals surface area contributed by atoms with Crippen LogP contribution in [0.1, 0.15) is 45.5 Å². The minimum atomic E-state index is -1.16. The zero-order chi connectivity index (χ0) is 26.8. The number of aromatic amines is 2. The highest BCUT2D eigenvalue weighted by Crippen LogP contribution is 2.09. The molecule has 4 unspecified atom stereocenters. The van der Waals surface area contributed by atoms with Gasteiger partial charge in [0.25, 0.3) is 0 Å². The average Bonchev–Trinajstić information content (AvgIpc) is 3.49. The Morgan fingerprint density at radius 2 is 1.39 bits per heavy atom. The minimum Gasteiger partial charge on any atom is -0.480 e. The first kappa shape index (κ1) is 28.5. The predicted molar refractivity (Wildman–Crippen MR) is 130 cm³/mol. The number of carboxylic acids is 1. The SMILES string of the molecule is CC(C)CC(NC(=O)C(Cc1cnc[nH]1)NC(=O)C(N)Cc1cnc[nH]1)C(=O)NC(C(=O)O)C(C)C. The smallest absolute Gasteiger partial charge is 0.326 e. The van der Waals surface area contributed by atoms with Crippen LogP contribution in [0.3, 0.4) is 0 Å². The number of rotatable bonds is 14. The van der Waals surface area contributed by atoms with Gasteiger partial charge in [-0.1, -0.05) is 27.7 Å². The number of hydrogen-bond donors (Lipinski definition) is 7. The van der Waals surface area contributed by atoms with Crippen LogP contribution in [0, 0.1) is 11.8 Å². The molecule has 3 amide bonds. The number of aliphatic carboxylic acids is 1. The Morgan fingerprint density at radius 3 is 1.86 bits per heavy atom. The van der Waals surface area contributed by atoms with E-state index in [9.17, 15) is 24.3 Å². The molecule has 0 fully saturated rings. The number of carbonyl (C=O) groups excluding carboxylic acids is 3. The van der Waals surface area contributed by atoms with Crippen LogP contribution < -0.4 is 21.7 Å². The fraction of sp³-hybridized carbons (Fsp3) is 0.565. The first-order valence-corrected chi connectivity index (χ1v) is 11.8.